The maximum Gasteiger partial charge on any atom is 0.188 e. The number of ether oxygens (including phenoxy) is 1. The summed E-state index contributed by atoms with van der Waals surface area (Å²) in [5.41, 5.74) is 2.08. The number of nitrogens with zero attached hydrogens (tertiary/aromatic N) is 2. The molecule has 106 valence electrons. The quantitative estimate of drug-likeness (QED) is 0.476. The Bertz CT molecular complexity index is 658. The van der Waals surface area contributed by atoms with Crippen LogP contribution in [0.2, 0.25) is 0 Å². The Hall–Kier alpha value is -2.45. The fourth-order valence-corrected chi connectivity index (χ4v) is 2.02. The van der Waals surface area contributed by atoms with Crippen LogP contribution in [0.4, 0.5) is 0 Å². The summed E-state index contributed by atoms with van der Waals surface area (Å²) in [6.07, 6.45) is 0. The van der Waals surface area contributed by atoms with Crippen molar-refractivity contribution < 1.29 is 9.02 Å². The molecule has 0 radical (unpaired) electrons. The van der Waals surface area contributed by atoms with E-state index in [9.17, 15) is 0 Å². The van der Waals surface area contributed by atoms with Crippen LogP contribution in [0.1, 0.15) is 11.1 Å². The Morgan fingerprint density at radius 1 is 1.10 bits per heavy atom. The zero-order valence-electron chi connectivity index (χ0n) is 11.7. The number of oxime groups is 1. The van der Waals surface area contributed by atoms with E-state index < -0.39 is 0 Å². The van der Waals surface area contributed by atoms with Crippen LogP contribution in [0.25, 0.3) is 0 Å². The van der Waals surface area contributed by atoms with Gasteiger partial charge in [-0.3, -0.25) is 0 Å². The Morgan fingerprint density at radius 3 is 2.33 bits per heavy atom. The predicted octanol–water partition coefficient (Wildman–Crippen LogP) is 3.96. The van der Waals surface area contributed by atoms with Gasteiger partial charge in [-0.05, 0) is 43.3 Å². The second kappa shape index (κ2) is 7.36. The lowest BCUT2D eigenvalue weighted by Crippen LogP contribution is -1.97. The molecule has 0 heterocycles. The summed E-state index contributed by atoms with van der Waals surface area (Å²) in [5, 5.41) is 13.0. The van der Waals surface area contributed by atoms with Crippen LogP contribution in [0.3, 0.4) is 0 Å². The minimum absolute atomic E-state index is 0.220. The van der Waals surface area contributed by atoms with Crippen LogP contribution in [-0.2, 0) is 4.28 Å². The molecule has 0 atom stereocenters. The molecule has 5 heteroatoms. The molecule has 0 bridgehead atoms. The summed E-state index contributed by atoms with van der Waals surface area (Å²) >= 11 is 1.11. The molecule has 21 heavy (non-hydrogen) atoms. The van der Waals surface area contributed by atoms with Crippen molar-refractivity contribution in [1.82, 2.24) is 0 Å². The zero-order valence-corrected chi connectivity index (χ0v) is 12.6. The van der Waals surface area contributed by atoms with Gasteiger partial charge in [-0.1, -0.05) is 22.9 Å². The van der Waals surface area contributed by atoms with E-state index >= 15 is 0 Å². The molecule has 0 saturated carbocycles. The van der Waals surface area contributed by atoms with Gasteiger partial charge < -0.3 is 9.02 Å². The monoisotopic (exact) mass is 298 g/mol. The summed E-state index contributed by atoms with van der Waals surface area (Å²) in [4.78, 5) is 0.927. The predicted molar refractivity (Wildman–Crippen MR) is 83.3 cm³/mol. The minimum atomic E-state index is 0.220. The van der Waals surface area contributed by atoms with Crippen molar-refractivity contribution in [1.29, 1.82) is 5.26 Å². The molecule has 0 unspecified atom stereocenters. The number of aryl methyl sites for hydroxylation is 1. The SMILES string of the molecule is COc1ccc(/C(C#N)=N/OSc2ccc(C)cc2)cc1. The molecule has 0 N–H and O–H groups in total. The molecule has 2 rings (SSSR count). The first-order valence-corrected chi connectivity index (χ1v) is 7.00. The average molecular weight is 298 g/mol. The van der Waals surface area contributed by atoms with Gasteiger partial charge in [0, 0.05) is 5.56 Å². The smallest absolute Gasteiger partial charge is 0.188 e. The summed E-state index contributed by atoms with van der Waals surface area (Å²) in [7, 11) is 1.59. The van der Waals surface area contributed by atoms with E-state index in [1.807, 2.05) is 37.3 Å². The summed E-state index contributed by atoms with van der Waals surface area (Å²) < 4.78 is 10.2. The summed E-state index contributed by atoms with van der Waals surface area (Å²) in [5.74, 6) is 0.728. The molecule has 0 aliphatic rings. The average Bonchev–Trinajstić information content (AvgIpc) is 2.53. The highest BCUT2D eigenvalue weighted by atomic mass is 32.2. The second-order valence-electron chi connectivity index (χ2n) is 4.25. The van der Waals surface area contributed by atoms with Crippen LogP contribution in [-0.4, -0.2) is 12.8 Å². The Morgan fingerprint density at radius 2 is 1.76 bits per heavy atom. The molecular formula is C16H14N2O2S. The molecule has 0 saturated heterocycles. The van der Waals surface area contributed by atoms with Gasteiger partial charge in [0.05, 0.1) is 12.0 Å². The maximum absolute atomic E-state index is 9.14. The van der Waals surface area contributed by atoms with Crippen molar-refractivity contribution in [3.63, 3.8) is 0 Å². The number of nitriles is 1. The van der Waals surface area contributed by atoms with Gasteiger partial charge in [0.15, 0.2) is 5.71 Å². The van der Waals surface area contributed by atoms with E-state index in [0.29, 0.717) is 5.56 Å². The van der Waals surface area contributed by atoms with Crippen LogP contribution >= 0.6 is 12.0 Å². The lowest BCUT2D eigenvalue weighted by molar-refractivity contribution is 0.406. The van der Waals surface area contributed by atoms with Crippen LogP contribution in [0.15, 0.2) is 58.6 Å². The number of benzene rings is 2. The van der Waals surface area contributed by atoms with E-state index in [1.165, 1.54) is 5.56 Å². The van der Waals surface area contributed by atoms with Gasteiger partial charge in [0.25, 0.3) is 0 Å². The fraction of sp³-hybridized carbons (Fsp3) is 0.125. The van der Waals surface area contributed by atoms with Crippen molar-refractivity contribution >= 4 is 17.8 Å². The number of rotatable bonds is 5. The van der Waals surface area contributed by atoms with E-state index in [2.05, 4.69) is 5.16 Å². The van der Waals surface area contributed by atoms with Crippen molar-refractivity contribution in [3.05, 3.63) is 59.7 Å². The standard InChI is InChI=1S/C16H14N2O2S/c1-12-3-9-15(10-4-12)21-20-18-16(11-17)13-5-7-14(19-2)8-6-13/h3-10H,1-2H3/b18-16+. The largest absolute Gasteiger partial charge is 0.497 e. The highest BCUT2D eigenvalue weighted by Gasteiger charge is 2.04. The molecule has 0 spiro atoms. The Balaban J connectivity index is 2.03. The van der Waals surface area contributed by atoms with Gasteiger partial charge in [-0.15, -0.1) is 0 Å². The third-order valence-corrected chi connectivity index (χ3v) is 3.37. The van der Waals surface area contributed by atoms with Gasteiger partial charge in [0.2, 0.25) is 0 Å². The minimum Gasteiger partial charge on any atom is -0.497 e. The molecule has 0 aliphatic heterocycles. The van der Waals surface area contributed by atoms with Crippen LogP contribution in [0, 0.1) is 18.3 Å². The highest BCUT2D eigenvalue weighted by molar-refractivity contribution is 7.94. The first kappa shape index (κ1) is 14.9. The Labute approximate surface area is 128 Å². The zero-order chi connectivity index (χ0) is 15.1. The van der Waals surface area contributed by atoms with Crippen molar-refractivity contribution in [3.8, 4) is 11.8 Å². The molecule has 2 aromatic carbocycles. The molecule has 2 aromatic rings. The molecular weight excluding hydrogens is 284 g/mol. The van der Waals surface area contributed by atoms with E-state index in [4.69, 9.17) is 14.3 Å². The first-order valence-electron chi connectivity index (χ1n) is 6.26. The van der Waals surface area contributed by atoms with Gasteiger partial charge in [-0.2, -0.15) is 5.26 Å². The van der Waals surface area contributed by atoms with Crippen molar-refractivity contribution in [2.45, 2.75) is 11.8 Å². The number of hydrogen-bond donors (Lipinski definition) is 0. The van der Waals surface area contributed by atoms with Crippen LogP contribution < -0.4 is 4.74 Å². The summed E-state index contributed by atoms with van der Waals surface area (Å²) in [6.45, 7) is 2.02. The second-order valence-corrected chi connectivity index (χ2v) is 5.04. The fourth-order valence-electron chi connectivity index (χ4n) is 1.58. The molecule has 0 aromatic heterocycles. The first-order chi connectivity index (χ1) is 10.2. The summed E-state index contributed by atoms with van der Waals surface area (Å²) in [6, 6.07) is 17.0. The van der Waals surface area contributed by atoms with Crippen molar-refractivity contribution in [2.75, 3.05) is 7.11 Å². The molecule has 4 nitrogen and oxygen atoms in total. The third-order valence-electron chi connectivity index (χ3n) is 2.75. The van der Waals surface area contributed by atoms with Crippen molar-refractivity contribution in [2.24, 2.45) is 5.16 Å². The topological polar surface area (TPSA) is 54.6 Å². The molecule has 0 fully saturated rings. The van der Waals surface area contributed by atoms with Crippen LogP contribution in [0.5, 0.6) is 5.75 Å². The molecule has 0 aliphatic carbocycles. The third kappa shape index (κ3) is 4.26. The lowest BCUT2D eigenvalue weighted by atomic mass is 10.1. The Kier molecular flexibility index (Phi) is 5.24. The normalized spacial score (nSPS) is 10.8. The number of hydrogen-bond acceptors (Lipinski definition) is 5. The maximum atomic E-state index is 9.14. The van der Waals surface area contributed by atoms with E-state index in [0.717, 1.165) is 22.7 Å². The van der Waals surface area contributed by atoms with Gasteiger partial charge >= 0.3 is 0 Å². The van der Waals surface area contributed by atoms with E-state index in [1.54, 1.807) is 31.4 Å². The van der Waals surface area contributed by atoms with Gasteiger partial charge in [-0.25, -0.2) is 0 Å². The van der Waals surface area contributed by atoms with E-state index in [-0.39, 0.29) is 5.71 Å². The van der Waals surface area contributed by atoms with Gasteiger partial charge in [0.1, 0.15) is 23.9 Å². The lowest BCUT2D eigenvalue weighted by Gasteiger charge is -2.02. The number of methoxy groups -OCH3 is 1. The molecule has 0 amide bonds. The highest BCUT2D eigenvalue weighted by Crippen LogP contribution is 2.20.